The van der Waals surface area contributed by atoms with Crippen molar-refractivity contribution >= 4 is 11.6 Å². The van der Waals surface area contributed by atoms with Gasteiger partial charge in [-0.15, -0.1) is 0 Å². The van der Waals surface area contributed by atoms with E-state index in [1.54, 1.807) is 0 Å². The highest BCUT2D eigenvalue weighted by Crippen LogP contribution is 2.23. The summed E-state index contributed by atoms with van der Waals surface area (Å²) in [4.78, 5) is 0. The van der Waals surface area contributed by atoms with Crippen LogP contribution in [0, 0.1) is 11.8 Å². The quantitative estimate of drug-likeness (QED) is 0.801. The summed E-state index contributed by atoms with van der Waals surface area (Å²) in [6.45, 7) is 5.26. The first-order chi connectivity index (χ1) is 7.67. The van der Waals surface area contributed by atoms with E-state index >= 15 is 0 Å². The van der Waals surface area contributed by atoms with Crippen molar-refractivity contribution < 1.29 is 0 Å². The van der Waals surface area contributed by atoms with Crippen molar-refractivity contribution in [2.45, 2.75) is 33.1 Å². The van der Waals surface area contributed by atoms with Crippen molar-refractivity contribution in [3.8, 4) is 0 Å². The van der Waals surface area contributed by atoms with Gasteiger partial charge in [0.25, 0.3) is 0 Å². The monoisotopic (exact) mass is 239 g/mol. The van der Waals surface area contributed by atoms with Crippen LogP contribution in [0.25, 0.3) is 0 Å². The van der Waals surface area contributed by atoms with Gasteiger partial charge in [-0.1, -0.05) is 50.1 Å². The smallest absolute Gasteiger partial charge is 0.0438 e. The van der Waals surface area contributed by atoms with Crippen molar-refractivity contribution in [1.29, 1.82) is 0 Å². The number of hydrogen-bond donors (Lipinski definition) is 1. The van der Waals surface area contributed by atoms with Crippen LogP contribution in [-0.2, 0) is 6.42 Å². The van der Waals surface area contributed by atoms with Gasteiger partial charge >= 0.3 is 0 Å². The van der Waals surface area contributed by atoms with E-state index < -0.39 is 0 Å². The molecule has 0 heterocycles. The van der Waals surface area contributed by atoms with E-state index in [1.165, 1.54) is 18.4 Å². The molecule has 2 heteroatoms. The largest absolute Gasteiger partial charge is 0.330 e. The predicted molar refractivity (Wildman–Crippen MR) is 71.8 cm³/mol. The highest BCUT2D eigenvalue weighted by Gasteiger charge is 2.12. The van der Waals surface area contributed by atoms with Crippen molar-refractivity contribution in [3.05, 3.63) is 34.9 Å². The Labute approximate surface area is 104 Å². The van der Waals surface area contributed by atoms with Crippen LogP contribution < -0.4 is 5.73 Å². The molecule has 1 rings (SSSR count). The zero-order valence-corrected chi connectivity index (χ0v) is 11.0. The number of halogens is 1. The number of nitrogens with two attached hydrogens (primary N) is 1. The summed E-state index contributed by atoms with van der Waals surface area (Å²) in [5, 5.41) is 0.866. The van der Waals surface area contributed by atoms with E-state index in [4.69, 9.17) is 17.3 Å². The summed E-state index contributed by atoms with van der Waals surface area (Å²) in [7, 11) is 0. The number of hydrogen-bond acceptors (Lipinski definition) is 1. The van der Waals surface area contributed by atoms with Gasteiger partial charge in [0.05, 0.1) is 0 Å². The Balaban J connectivity index is 2.60. The normalized spacial score (nSPS) is 14.8. The Morgan fingerprint density at radius 2 is 2.00 bits per heavy atom. The van der Waals surface area contributed by atoms with E-state index in [-0.39, 0.29) is 0 Å². The second-order valence-corrected chi connectivity index (χ2v) is 5.05. The SMILES string of the molecule is CCC(C)CC(CN)Cc1ccccc1Cl. The Morgan fingerprint density at radius 3 is 2.56 bits per heavy atom. The summed E-state index contributed by atoms with van der Waals surface area (Å²) < 4.78 is 0. The minimum absolute atomic E-state index is 0.551. The topological polar surface area (TPSA) is 26.0 Å². The molecule has 2 unspecified atom stereocenters. The van der Waals surface area contributed by atoms with E-state index in [0.717, 1.165) is 23.9 Å². The molecule has 0 aliphatic heterocycles. The van der Waals surface area contributed by atoms with Crippen molar-refractivity contribution in [2.75, 3.05) is 6.54 Å². The molecule has 0 spiro atoms. The third kappa shape index (κ3) is 4.15. The fraction of sp³-hybridized carbons (Fsp3) is 0.571. The maximum Gasteiger partial charge on any atom is 0.0438 e. The van der Waals surface area contributed by atoms with E-state index in [9.17, 15) is 0 Å². The van der Waals surface area contributed by atoms with Crippen molar-refractivity contribution in [1.82, 2.24) is 0 Å². The van der Waals surface area contributed by atoms with Gasteiger partial charge in [-0.05, 0) is 42.9 Å². The molecule has 16 heavy (non-hydrogen) atoms. The Morgan fingerprint density at radius 1 is 1.31 bits per heavy atom. The molecule has 0 aliphatic rings. The maximum absolute atomic E-state index is 6.15. The molecule has 0 fully saturated rings. The van der Waals surface area contributed by atoms with Gasteiger partial charge in [-0.25, -0.2) is 0 Å². The molecule has 0 amide bonds. The minimum Gasteiger partial charge on any atom is -0.330 e. The summed E-state index contributed by atoms with van der Waals surface area (Å²) in [6, 6.07) is 8.06. The molecule has 2 atom stereocenters. The third-order valence-electron chi connectivity index (χ3n) is 3.23. The van der Waals surface area contributed by atoms with Crippen LogP contribution in [0.3, 0.4) is 0 Å². The fourth-order valence-electron chi connectivity index (χ4n) is 1.97. The first-order valence-electron chi connectivity index (χ1n) is 6.10. The molecule has 0 saturated carbocycles. The summed E-state index contributed by atoms with van der Waals surface area (Å²) in [5.41, 5.74) is 7.06. The van der Waals surface area contributed by atoms with Crippen LogP contribution in [0.5, 0.6) is 0 Å². The molecule has 0 aromatic heterocycles. The summed E-state index contributed by atoms with van der Waals surface area (Å²) in [5.74, 6) is 1.30. The maximum atomic E-state index is 6.15. The molecule has 0 aliphatic carbocycles. The Hall–Kier alpha value is -0.530. The van der Waals surface area contributed by atoms with Crippen LogP contribution in [0.4, 0.5) is 0 Å². The number of benzene rings is 1. The zero-order chi connectivity index (χ0) is 12.0. The average molecular weight is 240 g/mol. The van der Waals surface area contributed by atoms with Gasteiger partial charge in [0.1, 0.15) is 0 Å². The van der Waals surface area contributed by atoms with Crippen LogP contribution in [0.15, 0.2) is 24.3 Å². The van der Waals surface area contributed by atoms with Gasteiger partial charge in [0.15, 0.2) is 0 Å². The lowest BCUT2D eigenvalue weighted by molar-refractivity contribution is 0.386. The van der Waals surface area contributed by atoms with Gasteiger partial charge < -0.3 is 5.73 Å². The molecule has 0 radical (unpaired) electrons. The lowest BCUT2D eigenvalue weighted by Crippen LogP contribution is -2.19. The lowest BCUT2D eigenvalue weighted by atomic mass is 9.89. The van der Waals surface area contributed by atoms with E-state index in [0.29, 0.717) is 5.92 Å². The van der Waals surface area contributed by atoms with Gasteiger partial charge in [-0.3, -0.25) is 0 Å². The molecule has 1 nitrogen and oxygen atoms in total. The van der Waals surface area contributed by atoms with Crippen LogP contribution in [0.1, 0.15) is 32.3 Å². The molecule has 0 saturated heterocycles. The lowest BCUT2D eigenvalue weighted by Gasteiger charge is -2.19. The van der Waals surface area contributed by atoms with Crippen molar-refractivity contribution in [2.24, 2.45) is 17.6 Å². The van der Waals surface area contributed by atoms with Crippen LogP contribution in [-0.4, -0.2) is 6.54 Å². The fourth-order valence-corrected chi connectivity index (χ4v) is 2.19. The van der Waals surface area contributed by atoms with Crippen LogP contribution >= 0.6 is 11.6 Å². The Bertz CT molecular complexity index is 311. The Kier molecular flexibility index (Phi) is 5.86. The second-order valence-electron chi connectivity index (χ2n) is 4.65. The first-order valence-corrected chi connectivity index (χ1v) is 6.48. The van der Waals surface area contributed by atoms with E-state index in [1.807, 2.05) is 18.2 Å². The van der Waals surface area contributed by atoms with Gasteiger partial charge in [0, 0.05) is 5.02 Å². The summed E-state index contributed by atoms with van der Waals surface area (Å²) in [6.07, 6.45) is 3.41. The molecular formula is C14H22ClN. The average Bonchev–Trinajstić information content (AvgIpc) is 2.30. The molecule has 2 N–H and O–H groups in total. The zero-order valence-electron chi connectivity index (χ0n) is 10.2. The molecule has 0 bridgehead atoms. The van der Waals surface area contributed by atoms with Crippen LogP contribution in [0.2, 0.25) is 5.02 Å². The third-order valence-corrected chi connectivity index (χ3v) is 3.60. The van der Waals surface area contributed by atoms with Crippen molar-refractivity contribution in [3.63, 3.8) is 0 Å². The molecule has 1 aromatic carbocycles. The minimum atomic E-state index is 0.551. The highest BCUT2D eigenvalue weighted by molar-refractivity contribution is 6.31. The van der Waals surface area contributed by atoms with E-state index in [2.05, 4.69) is 19.9 Å². The molecule has 90 valence electrons. The standard InChI is InChI=1S/C14H22ClN/c1-3-11(2)8-12(10-16)9-13-6-4-5-7-14(13)15/h4-7,11-12H,3,8-10,16H2,1-2H3. The first kappa shape index (κ1) is 13.5. The predicted octanol–water partition coefficient (Wildman–Crippen LogP) is 3.89. The molecule has 1 aromatic rings. The molecular weight excluding hydrogens is 218 g/mol. The van der Waals surface area contributed by atoms with Gasteiger partial charge in [0.2, 0.25) is 0 Å². The summed E-state index contributed by atoms with van der Waals surface area (Å²) >= 11 is 6.15. The highest BCUT2D eigenvalue weighted by atomic mass is 35.5. The second kappa shape index (κ2) is 6.93. The number of rotatable bonds is 6. The van der Waals surface area contributed by atoms with Gasteiger partial charge in [-0.2, -0.15) is 0 Å².